The molecule has 3 rings (SSSR count). The monoisotopic (exact) mass is 267 g/mol. The zero-order chi connectivity index (χ0) is 12.4. The molecule has 2 aliphatic rings. The number of rotatable bonds is 6. The molecule has 2 saturated carbocycles. The van der Waals surface area contributed by atoms with Crippen molar-refractivity contribution < 1.29 is 0 Å². The molecule has 1 aromatic heterocycles. The molecule has 0 saturated heterocycles. The van der Waals surface area contributed by atoms with E-state index < -0.39 is 0 Å². The van der Waals surface area contributed by atoms with Crippen LogP contribution in [-0.4, -0.2) is 39.0 Å². The largest absolute Gasteiger partial charge is 0.316 e. The summed E-state index contributed by atoms with van der Waals surface area (Å²) in [5, 5.41) is 16.5. The lowest BCUT2D eigenvalue weighted by atomic mass is 10.0. The molecule has 18 heavy (non-hydrogen) atoms. The maximum absolute atomic E-state index is 4.15. The first kappa shape index (κ1) is 12.4. The van der Waals surface area contributed by atoms with Crippen LogP contribution in [0.1, 0.15) is 44.6 Å². The average molecular weight is 267 g/mol. The molecule has 1 heterocycles. The second-order valence-electron chi connectivity index (χ2n) is 5.39. The molecule has 1 N–H and O–H groups in total. The van der Waals surface area contributed by atoms with Crippen molar-refractivity contribution in [1.82, 2.24) is 25.5 Å². The van der Waals surface area contributed by atoms with E-state index in [1.807, 2.05) is 4.68 Å². The maximum Gasteiger partial charge on any atom is 0.209 e. The lowest BCUT2D eigenvalue weighted by Crippen LogP contribution is -2.34. The van der Waals surface area contributed by atoms with E-state index in [0.717, 1.165) is 16.8 Å². The fourth-order valence-corrected chi connectivity index (χ4v) is 3.99. The van der Waals surface area contributed by atoms with Crippen LogP contribution < -0.4 is 5.32 Å². The third-order valence-corrected chi connectivity index (χ3v) is 5.14. The molecule has 2 aliphatic carbocycles. The van der Waals surface area contributed by atoms with Crippen LogP contribution in [0.5, 0.6) is 0 Å². The summed E-state index contributed by atoms with van der Waals surface area (Å²) in [5.74, 6) is 1.92. The second kappa shape index (κ2) is 5.57. The highest BCUT2D eigenvalue weighted by atomic mass is 32.2. The molecule has 0 radical (unpaired) electrons. The van der Waals surface area contributed by atoms with E-state index in [1.54, 1.807) is 11.8 Å². The maximum atomic E-state index is 4.15. The lowest BCUT2D eigenvalue weighted by molar-refractivity contribution is 0.410. The Morgan fingerprint density at radius 2 is 2.11 bits per heavy atom. The van der Waals surface area contributed by atoms with Gasteiger partial charge < -0.3 is 5.32 Å². The van der Waals surface area contributed by atoms with E-state index in [1.165, 1.54) is 38.5 Å². The minimum absolute atomic E-state index is 0.571. The van der Waals surface area contributed by atoms with E-state index in [0.29, 0.717) is 12.1 Å². The minimum Gasteiger partial charge on any atom is -0.316 e. The molecule has 5 nitrogen and oxygen atoms in total. The van der Waals surface area contributed by atoms with Gasteiger partial charge in [-0.1, -0.05) is 24.6 Å². The van der Waals surface area contributed by atoms with Gasteiger partial charge in [-0.05, 0) is 49.1 Å². The van der Waals surface area contributed by atoms with Crippen molar-refractivity contribution in [3.63, 3.8) is 0 Å². The number of thioether (sulfide) groups is 1. The van der Waals surface area contributed by atoms with Gasteiger partial charge in [0.2, 0.25) is 5.16 Å². The van der Waals surface area contributed by atoms with E-state index in [4.69, 9.17) is 0 Å². The van der Waals surface area contributed by atoms with Crippen LogP contribution in [0.3, 0.4) is 0 Å². The highest BCUT2D eigenvalue weighted by Gasteiger charge is 2.29. The Kier molecular flexibility index (Phi) is 3.84. The molecule has 0 aliphatic heterocycles. The van der Waals surface area contributed by atoms with Crippen LogP contribution in [0.4, 0.5) is 0 Å². The second-order valence-corrected chi connectivity index (χ2v) is 6.38. The van der Waals surface area contributed by atoms with E-state index in [-0.39, 0.29) is 0 Å². The standard InChI is InChI=1S/C12H21N5S/c1-13-11(9-4-2-3-5-9)8-18-12-14-15-16-17(12)10-6-7-10/h9-11,13H,2-8H2,1H3. The number of nitrogens with zero attached hydrogens (tertiary/aromatic N) is 4. The summed E-state index contributed by atoms with van der Waals surface area (Å²) in [6.45, 7) is 0. The summed E-state index contributed by atoms with van der Waals surface area (Å²) in [6, 6.07) is 1.17. The van der Waals surface area contributed by atoms with Crippen LogP contribution in [0, 0.1) is 5.92 Å². The summed E-state index contributed by atoms with van der Waals surface area (Å²) in [4.78, 5) is 0. The molecule has 0 amide bonds. The van der Waals surface area contributed by atoms with Crippen LogP contribution in [0.25, 0.3) is 0 Å². The van der Waals surface area contributed by atoms with Gasteiger partial charge in [0, 0.05) is 11.8 Å². The Bertz CT molecular complexity index is 384. The zero-order valence-electron chi connectivity index (χ0n) is 10.9. The fraction of sp³-hybridized carbons (Fsp3) is 0.917. The Morgan fingerprint density at radius 3 is 2.78 bits per heavy atom. The minimum atomic E-state index is 0.571. The Morgan fingerprint density at radius 1 is 1.33 bits per heavy atom. The fourth-order valence-electron chi connectivity index (χ4n) is 2.81. The van der Waals surface area contributed by atoms with Crippen molar-refractivity contribution in [2.75, 3.05) is 12.8 Å². The van der Waals surface area contributed by atoms with E-state index in [9.17, 15) is 0 Å². The zero-order valence-corrected chi connectivity index (χ0v) is 11.7. The van der Waals surface area contributed by atoms with Crippen molar-refractivity contribution in [2.45, 2.75) is 55.8 Å². The van der Waals surface area contributed by atoms with Crippen LogP contribution in [0.15, 0.2) is 5.16 Å². The van der Waals surface area contributed by atoms with Gasteiger partial charge >= 0.3 is 0 Å². The number of tetrazole rings is 1. The number of aromatic nitrogens is 4. The van der Waals surface area contributed by atoms with E-state index in [2.05, 4.69) is 27.9 Å². The topological polar surface area (TPSA) is 55.6 Å². The van der Waals surface area contributed by atoms with Gasteiger partial charge in [-0.3, -0.25) is 0 Å². The SMILES string of the molecule is CNC(CSc1nnnn1C1CC1)C1CCCC1. The molecule has 1 atom stereocenters. The summed E-state index contributed by atoms with van der Waals surface area (Å²) in [7, 11) is 2.08. The summed E-state index contributed by atoms with van der Waals surface area (Å²) in [6.07, 6.45) is 8.01. The summed E-state index contributed by atoms with van der Waals surface area (Å²) < 4.78 is 2.01. The predicted octanol–water partition coefficient (Wildman–Crippen LogP) is 1.88. The molecular formula is C12H21N5S. The lowest BCUT2D eigenvalue weighted by Gasteiger charge is -2.22. The van der Waals surface area contributed by atoms with Crippen molar-refractivity contribution in [1.29, 1.82) is 0 Å². The van der Waals surface area contributed by atoms with Gasteiger partial charge in [-0.2, -0.15) is 0 Å². The number of hydrogen-bond acceptors (Lipinski definition) is 5. The third kappa shape index (κ3) is 2.69. The first-order chi connectivity index (χ1) is 8.88. The average Bonchev–Trinajstić information content (AvgIpc) is 2.92. The normalized spacial score (nSPS) is 22.5. The van der Waals surface area contributed by atoms with Crippen molar-refractivity contribution in [3.05, 3.63) is 0 Å². The van der Waals surface area contributed by atoms with Crippen LogP contribution in [-0.2, 0) is 0 Å². The molecule has 100 valence electrons. The van der Waals surface area contributed by atoms with Crippen LogP contribution >= 0.6 is 11.8 Å². The molecule has 1 unspecified atom stereocenters. The number of nitrogens with one attached hydrogen (secondary N) is 1. The Hall–Kier alpha value is -0.620. The highest BCUT2D eigenvalue weighted by Crippen LogP contribution is 2.37. The Balaban J connectivity index is 1.56. The highest BCUT2D eigenvalue weighted by molar-refractivity contribution is 7.99. The van der Waals surface area contributed by atoms with Gasteiger partial charge in [0.25, 0.3) is 0 Å². The molecule has 0 bridgehead atoms. The van der Waals surface area contributed by atoms with Crippen molar-refractivity contribution >= 4 is 11.8 Å². The predicted molar refractivity (Wildman–Crippen MR) is 71.6 cm³/mol. The van der Waals surface area contributed by atoms with E-state index >= 15 is 0 Å². The van der Waals surface area contributed by atoms with Crippen LogP contribution in [0.2, 0.25) is 0 Å². The summed E-state index contributed by atoms with van der Waals surface area (Å²) in [5.41, 5.74) is 0. The third-order valence-electron chi connectivity index (χ3n) is 4.09. The molecular weight excluding hydrogens is 246 g/mol. The number of hydrogen-bond donors (Lipinski definition) is 1. The van der Waals surface area contributed by atoms with Gasteiger partial charge in [-0.15, -0.1) is 5.10 Å². The Labute approximate surface area is 112 Å². The summed E-state index contributed by atoms with van der Waals surface area (Å²) >= 11 is 1.81. The quantitative estimate of drug-likeness (QED) is 0.798. The van der Waals surface area contributed by atoms with Gasteiger partial charge in [0.05, 0.1) is 6.04 Å². The molecule has 0 aromatic carbocycles. The molecule has 0 spiro atoms. The van der Waals surface area contributed by atoms with Crippen molar-refractivity contribution in [2.24, 2.45) is 5.92 Å². The van der Waals surface area contributed by atoms with Gasteiger partial charge in [0.1, 0.15) is 0 Å². The molecule has 1 aromatic rings. The van der Waals surface area contributed by atoms with Gasteiger partial charge in [-0.25, -0.2) is 4.68 Å². The smallest absolute Gasteiger partial charge is 0.209 e. The first-order valence-electron chi connectivity index (χ1n) is 6.96. The molecule has 2 fully saturated rings. The van der Waals surface area contributed by atoms with Crippen molar-refractivity contribution in [3.8, 4) is 0 Å². The van der Waals surface area contributed by atoms with Gasteiger partial charge in [0.15, 0.2) is 0 Å². The molecule has 6 heteroatoms. The first-order valence-corrected chi connectivity index (χ1v) is 7.95.